The second kappa shape index (κ2) is 4.57. The van der Waals surface area contributed by atoms with Crippen LogP contribution in [0.25, 0.3) is 0 Å². The predicted octanol–water partition coefficient (Wildman–Crippen LogP) is 1.09. The highest BCUT2D eigenvalue weighted by Crippen LogP contribution is 2.14. The molecule has 0 aromatic heterocycles. The molecule has 4 nitrogen and oxygen atoms in total. The van der Waals surface area contributed by atoms with E-state index in [1.54, 1.807) is 43.3 Å². The van der Waals surface area contributed by atoms with Crippen LogP contribution in [0.5, 0.6) is 0 Å². The third kappa shape index (κ3) is 3.00. The smallest absolute Gasteiger partial charge is 0.203 e. The van der Waals surface area contributed by atoms with Crippen LogP contribution in [-0.4, -0.2) is 27.4 Å². The predicted molar refractivity (Wildman–Crippen MR) is 64.3 cm³/mol. The Morgan fingerprint density at radius 1 is 1.25 bits per heavy atom. The van der Waals surface area contributed by atoms with Gasteiger partial charge in [0.05, 0.1) is 10.3 Å². The number of aryl methyl sites for hydroxylation is 1. The summed E-state index contributed by atoms with van der Waals surface area (Å²) in [4.78, 5) is 1.80. The summed E-state index contributed by atoms with van der Waals surface area (Å²) in [5.74, 6) is 0.209. The molecule has 1 aromatic carbocycles. The molecule has 2 N–H and O–H groups in total. The lowest BCUT2D eigenvalue weighted by molar-refractivity contribution is 0.506. The van der Waals surface area contributed by atoms with Crippen LogP contribution in [0.4, 0.5) is 0 Å². The van der Waals surface area contributed by atoms with Crippen LogP contribution in [0.3, 0.4) is 0 Å². The summed E-state index contributed by atoms with van der Waals surface area (Å²) < 4.78 is 23.8. The monoisotopic (exact) mass is 240 g/mol. The van der Waals surface area contributed by atoms with Gasteiger partial charge in [-0.25, -0.2) is 8.42 Å². The molecule has 1 rings (SSSR count). The van der Waals surface area contributed by atoms with Gasteiger partial charge in [-0.05, 0) is 19.1 Å². The fourth-order valence-corrected chi connectivity index (χ4v) is 2.24. The van der Waals surface area contributed by atoms with Crippen molar-refractivity contribution in [3.05, 3.63) is 41.1 Å². The standard InChI is InChI=1S/C11H16N2O2S/c1-9-4-6-10(7-5-9)16(14,15)8-11(12)13(2)3/h4-8H,12H2,1-3H3/b11-8+. The molecule has 0 aliphatic heterocycles. The Morgan fingerprint density at radius 2 is 1.75 bits per heavy atom. The van der Waals surface area contributed by atoms with Crippen molar-refractivity contribution in [2.24, 2.45) is 5.73 Å². The first kappa shape index (κ1) is 12.6. The first-order valence-electron chi connectivity index (χ1n) is 4.79. The van der Waals surface area contributed by atoms with E-state index in [-0.39, 0.29) is 10.7 Å². The minimum absolute atomic E-state index is 0.209. The Balaban J connectivity index is 3.13. The summed E-state index contributed by atoms with van der Waals surface area (Å²) in [6, 6.07) is 6.66. The van der Waals surface area contributed by atoms with Crippen molar-refractivity contribution in [2.45, 2.75) is 11.8 Å². The van der Waals surface area contributed by atoms with Gasteiger partial charge in [0.15, 0.2) is 0 Å². The van der Waals surface area contributed by atoms with Crippen molar-refractivity contribution in [3.63, 3.8) is 0 Å². The van der Waals surface area contributed by atoms with Gasteiger partial charge < -0.3 is 10.6 Å². The van der Waals surface area contributed by atoms with Crippen molar-refractivity contribution in [3.8, 4) is 0 Å². The van der Waals surface area contributed by atoms with E-state index in [9.17, 15) is 8.42 Å². The lowest BCUT2D eigenvalue weighted by atomic mass is 10.2. The highest BCUT2D eigenvalue weighted by molar-refractivity contribution is 7.94. The van der Waals surface area contributed by atoms with Crippen LogP contribution >= 0.6 is 0 Å². The Bertz CT molecular complexity index is 487. The molecule has 0 radical (unpaired) electrons. The zero-order valence-electron chi connectivity index (χ0n) is 9.64. The van der Waals surface area contributed by atoms with E-state index in [0.29, 0.717) is 0 Å². The minimum Gasteiger partial charge on any atom is -0.385 e. The molecule has 0 fully saturated rings. The van der Waals surface area contributed by atoms with Crippen molar-refractivity contribution in [1.82, 2.24) is 4.90 Å². The second-order valence-corrected chi connectivity index (χ2v) is 5.59. The number of sulfone groups is 1. The van der Waals surface area contributed by atoms with E-state index in [4.69, 9.17) is 5.73 Å². The molecular weight excluding hydrogens is 224 g/mol. The topological polar surface area (TPSA) is 63.4 Å². The van der Waals surface area contributed by atoms with Gasteiger partial charge >= 0.3 is 0 Å². The maximum atomic E-state index is 11.9. The number of hydrogen-bond acceptors (Lipinski definition) is 4. The van der Waals surface area contributed by atoms with Gasteiger partial charge in [-0.2, -0.15) is 0 Å². The molecule has 0 atom stereocenters. The highest BCUT2D eigenvalue weighted by Gasteiger charge is 2.12. The summed E-state index contributed by atoms with van der Waals surface area (Å²) >= 11 is 0. The number of nitrogens with zero attached hydrogens (tertiary/aromatic N) is 1. The van der Waals surface area contributed by atoms with Crippen LogP contribution in [-0.2, 0) is 9.84 Å². The quantitative estimate of drug-likeness (QED) is 0.859. The molecule has 0 aliphatic rings. The first-order chi connectivity index (χ1) is 7.33. The van der Waals surface area contributed by atoms with Crippen molar-refractivity contribution in [2.75, 3.05) is 14.1 Å². The van der Waals surface area contributed by atoms with Crippen LogP contribution in [0.2, 0.25) is 0 Å². The Hall–Kier alpha value is -1.49. The van der Waals surface area contributed by atoms with Crippen molar-refractivity contribution >= 4 is 9.84 Å². The number of hydrogen-bond donors (Lipinski definition) is 1. The van der Waals surface area contributed by atoms with E-state index in [1.165, 1.54) is 0 Å². The first-order valence-corrected chi connectivity index (χ1v) is 6.34. The highest BCUT2D eigenvalue weighted by atomic mass is 32.2. The zero-order valence-corrected chi connectivity index (χ0v) is 10.5. The normalized spacial score (nSPS) is 12.6. The van der Waals surface area contributed by atoms with E-state index in [2.05, 4.69) is 0 Å². The largest absolute Gasteiger partial charge is 0.385 e. The molecule has 0 saturated carbocycles. The number of nitrogens with two attached hydrogens (primary N) is 1. The van der Waals surface area contributed by atoms with Gasteiger partial charge in [-0.3, -0.25) is 0 Å². The van der Waals surface area contributed by atoms with Crippen molar-refractivity contribution in [1.29, 1.82) is 0 Å². The van der Waals surface area contributed by atoms with Gasteiger partial charge in [0.2, 0.25) is 9.84 Å². The fraction of sp³-hybridized carbons (Fsp3) is 0.273. The second-order valence-electron chi connectivity index (χ2n) is 3.80. The lowest BCUT2D eigenvalue weighted by Gasteiger charge is -2.11. The lowest BCUT2D eigenvalue weighted by Crippen LogP contribution is -2.19. The van der Waals surface area contributed by atoms with E-state index in [1.807, 2.05) is 6.92 Å². The summed E-state index contributed by atoms with van der Waals surface area (Å²) in [7, 11) is -0.0681. The molecule has 16 heavy (non-hydrogen) atoms. The molecule has 0 bridgehead atoms. The molecule has 0 amide bonds. The summed E-state index contributed by atoms with van der Waals surface area (Å²) in [5.41, 5.74) is 6.59. The van der Waals surface area contributed by atoms with Crippen LogP contribution in [0.15, 0.2) is 40.4 Å². The van der Waals surface area contributed by atoms with Gasteiger partial charge in [0.1, 0.15) is 5.82 Å². The third-order valence-corrected chi connectivity index (χ3v) is 3.62. The molecule has 1 aromatic rings. The minimum atomic E-state index is -3.45. The maximum Gasteiger partial charge on any atom is 0.203 e. The molecule has 0 heterocycles. The summed E-state index contributed by atoms with van der Waals surface area (Å²) in [6.45, 7) is 1.90. The fourth-order valence-electron chi connectivity index (χ4n) is 1.06. The van der Waals surface area contributed by atoms with Gasteiger partial charge in [-0.1, -0.05) is 17.7 Å². The van der Waals surface area contributed by atoms with Crippen LogP contribution in [0, 0.1) is 6.92 Å². The Kier molecular flexibility index (Phi) is 3.59. The summed E-state index contributed by atoms with van der Waals surface area (Å²) in [6.07, 6.45) is 0. The van der Waals surface area contributed by atoms with Crippen LogP contribution < -0.4 is 5.73 Å². The maximum absolute atomic E-state index is 11.9. The Morgan fingerprint density at radius 3 is 2.19 bits per heavy atom. The molecule has 0 saturated heterocycles. The molecule has 0 spiro atoms. The number of rotatable bonds is 3. The van der Waals surface area contributed by atoms with E-state index in [0.717, 1.165) is 11.0 Å². The van der Waals surface area contributed by atoms with E-state index < -0.39 is 9.84 Å². The van der Waals surface area contributed by atoms with Gasteiger partial charge in [-0.15, -0.1) is 0 Å². The average Bonchev–Trinajstić information content (AvgIpc) is 2.17. The molecular formula is C11H16N2O2S. The average molecular weight is 240 g/mol. The van der Waals surface area contributed by atoms with E-state index >= 15 is 0 Å². The molecule has 0 aliphatic carbocycles. The van der Waals surface area contributed by atoms with Gasteiger partial charge in [0.25, 0.3) is 0 Å². The van der Waals surface area contributed by atoms with Gasteiger partial charge in [0, 0.05) is 14.1 Å². The zero-order chi connectivity index (χ0) is 12.3. The van der Waals surface area contributed by atoms with Crippen LogP contribution in [0.1, 0.15) is 5.56 Å². The Labute approximate surface area is 96.3 Å². The molecule has 0 unspecified atom stereocenters. The molecule has 5 heteroatoms. The number of benzene rings is 1. The molecule has 88 valence electrons. The SMILES string of the molecule is Cc1ccc(S(=O)(=O)/C=C(\N)N(C)C)cc1. The summed E-state index contributed by atoms with van der Waals surface area (Å²) in [5, 5.41) is 1.07. The third-order valence-electron chi connectivity index (χ3n) is 2.14. The van der Waals surface area contributed by atoms with Crippen molar-refractivity contribution < 1.29 is 8.42 Å².